The lowest BCUT2D eigenvalue weighted by molar-refractivity contribution is -0.184. The van der Waals surface area contributed by atoms with E-state index in [4.69, 9.17) is 4.84 Å². The van der Waals surface area contributed by atoms with E-state index in [1.54, 1.807) is 0 Å². The fraction of sp³-hybridized carbons (Fsp3) is 0.833. The second-order valence-corrected chi connectivity index (χ2v) is 10.8. The highest BCUT2D eigenvalue weighted by Crippen LogP contribution is 2.67. The van der Waals surface area contributed by atoms with Crippen LogP contribution in [-0.4, -0.2) is 53.1 Å². The van der Waals surface area contributed by atoms with Crippen LogP contribution in [0.5, 0.6) is 0 Å². The molecule has 6 nitrogen and oxygen atoms in total. The third-order valence-corrected chi connectivity index (χ3v) is 9.69. The molecule has 1 heterocycles. The Bertz CT molecular complexity index is 775. The largest absolute Gasteiger partial charge is 0.396 e. The summed E-state index contributed by atoms with van der Waals surface area (Å²) in [5.74, 6) is 1.31. The fourth-order valence-corrected chi connectivity index (χ4v) is 7.86. The molecule has 5 fully saturated rings. The summed E-state index contributed by atoms with van der Waals surface area (Å²) in [5.41, 5.74) is -0.263. The zero-order valence-corrected chi connectivity index (χ0v) is 18.2. The van der Waals surface area contributed by atoms with Crippen molar-refractivity contribution in [2.75, 3.05) is 19.7 Å². The van der Waals surface area contributed by atoms with Crippen LogP contribution < -0.4 is 5.32 Å². The van der Waals surface area contributed by atoms with E-state index in [9.17, 15) is 15.0 Å². The monoisotopic (exact) mass is 416 g/mol. The number of ketones is 1. The van der Waals surface area contributed by atoms with E-state index in [-0.39, 0.29) is 24.0 Å². The molecular weight excluding hydrogens is 380 g/mol. The smallest absolute Gasteiger partial charge is 0.141 e. The predicted octanol–water partition coefficient (Wildman–Crippen LogP) is 2.59. The van der Waals surface area contributed by atoms with E-state index in [2.05, 4.69) is 24.0 Å². The number of Topliss-reactive ketones (excluding diaryl/α,β-unsaturated/α-hetero) is 1. The minimum absolute atomic E-state index is 0.0399. The topological polar surface area (TPSA) is 91.2 Å². The van der Waals surface area contributed by atoms with Gasteiger partial charge in [0.15, 0.2) is 0 Å². The average molecular weight is 417 g/mol. The van der Waals surface area contributed by atoms with Gasteiger partial charge in [0.05, 0.1) is 17.9 Å². The molecule has 4 unspecified atom stereocenters. The third-order valence-electron chi connectivity index (χ3n) is 9.69. The summed E-state index contributed by atoms with van der Waals surface area (Å²) in [6, 6.07) is 0. The Labute approximate surface area is 179 Å². The number of hydrogen-bond donors (Lipinski definition) is 3. The predicted molar refractivity (Wildman–Crippen MR) is 114 cm³/mol. The van der Waals surface area contributed by atoms with Gasteiger partial charge < -0.3 is 20.4 Å². The van der Waals surface area contributed by atoms with Gasteiger partial charge >= 0.3 is 0 Å². The molecule has 3 N–H and O–H groups in total. The zero-order chi connectivity index (χ0) is 21.1. The van der Waals surface area contributed by atoms with Crippen LogP contribution in [0.2, 0.25) is 0 Å². The second-order valence-electron chi connectivity index (χ2n) is 10.8. The second kappa shape index (κ2) is 7.14. The van der Waals surface area contributed by atoms with Crippen molar-refractivity contribution < 1.29 is 19.8 Å². The van der Waals surface area contributed by atoms with Crippen LogP contribution >= 0.6 is 0 Å². The van der Waals surface area contributed by atoms with Gasteiger partial charge in [-0.2, -0.15) is 0 Å². The fourth-order valence-electron chi connectivity index (χ4n) is 7.86. The lowest BCUT2D eigenvalue weighted by Crippen LogP contribution is -2.66. The number of hydrogen-bond acceptors (Lipinski definition) is 6. The first kappa shape index (κ1) is 20.7. The molecule has 0 aromatic heterocycles. The molecule has 0 aromatic rings. The molecule has 166 valence electrons. The van der Waals surface area contributed by atoms with E-state index >= 15 is 0 Å². The van der Waals surface area contributed by atoms with Crippen LogP contribution in [0.3, 0.4) is 0 Å². The SMILES string of the molecule is C=C1CC2C(CC[C@]3(C)C(=O)CCC23)[C@@]2(CO)CCC(=NOC3CCNC3)C[C@]12O. The number of carbonyl (C=O) groups is 1. The lowest BCUT2D eigenvalue weighted by Gasteiger charge is -2.63. The Morgan fingerprint density at radius 1 is 1.23 bits per heavy atom. The first-order valence-electron chi connectivity index (χ1n) is 11.8. The van der Waals surface area contributed by atoms with E-state index in [0.717, 1.165) is 62.9 Å². The normalized spacial score (nSPS) is 49.6. The summed E-state index contributed by atoms with van der Waals surface area (Å²) >= 11 is 0. The van der Waals surface area contributed by atoms with E-state index in [1.807, 2.05) is 0 Å². The maximum Gasteiger partial charge on any atom is 0.141 e. The molecule has 30 heavy (non-hydrogen) atoms. The summed E-state index contributed by atoms with van der Waals surface area (Å²) in [6.07, 6.45) is 7.04. The molecule has 0 spiro atoms. The highest BCUT2D eigenvalue weighted by atomic mass is 16.6. The van der Waals surface area contributed by atoms with Crippen molar-refractivity contribution in [3.63, 3.8) is 0 Å². The van der Waals surface area contributed by atoms with Crippen LogP contribution in [0, 0.1) is 28.6 Å². The maximum absolute atomic E-state index is 12.7. The van der Waals surface area contributed by atoms with Crippen molar-refractivity contribution in [1.82, 2.24) is 5.32 Å². The molecular formula is C24H36N2O4. The van der Waals surface area contributed by atoms with Crippen LogP contribution in [0.15, 0.2) is 17.3 Å². The Morgan fingerprint density at radius 2 is 2.07 bits per heavy atom. The number of nitrogens with zero attached hydrogens (tertiary/aromatic N) is 1. The molecule has 5 aliphatic rings. The zero-order valence-electron chi connectivity index (χ0n) is 18.2. The van der Waals surface area contributed by atoms with Gasteiger partial charge in [0, 0.05) is 36.6 Å². The average Bonchev–Trinajstić information content (AvgIpc) is 3.35. The van der Waals surface area contributed by atoms with Gasteiger partial charge in [-0.3, -0.25) is 4.79 Å². The Hall–Kier alpha value is -1.24. The van der Waals surface area contributed by atoms with Gasteiger partial charge in [0.2, 0.25) is 0 Å². The van der Waals surface area contributed by atoms with Gasteiger partial charge in [-0.25, -0.2) is 0 Å². The molecule has 0 radical (unpaired) electrons. The van der Waals surface area contributed by atoms with Gasteiger partial charge in [0.25, 0.3) is 0 Å². The first-order chi connectivity index (χ1) is 14.3. The minimum atomic E-state index is -1.15. The van der Waals surface area contributed by atoms with Crippen LogP contribution in [0.25, 0.3) is 0 Å². The van der Waals surface area contributed by atoms with Crippen LogP contribution in [0.1, 0.15) is 64.7 Å². The van der Waals surface area contributed by atoms with Crippen molar-refractivity contribution in [2.45, 2.75) is 76.4 Å². The minimum Gasteiger partial charge on any atom is -0.396 e. The van der Waals surface area contributed by atoms with Gasteiger partial charge in [-0.15, -0.1) is 0 Å². The molecule has 7 atom stereocenters. The molecule has 6 heteroatoms. The van der Waals surface area contributed by atoms with E-state index < -0.39 is 11.0 Å². The molecule has 0 aromatic carbocycles. The molecule has 1 saturated heterocycles. The van der Waals surface area contributed by atoms with Gasteiger partial charge in [-0.1, -0.05) is 18.7 Å². The molecule has 0 amide bonds. The quantitative estimate of drug-likeness (QED) is 0.486. The highest BCUT2D eigenvalue weighted by Gasteiger charge is 2.67. The van der Waals surface area contributed by atoms with E-state index in [0.29, 0.717) is 36.9 Å². The number of nitrogens with one attached hydrogen (secondary N) is 1. The number of fused-ring (bicyclic) bond motifs is 5. The van der Waals surface area contributed by atoms with Crippen molar-refractivity contribution in [1.29, 1.82) is 0 Å². The van der Waals surface area contributed by atoms with Crippen molar-refractivity contribution in [3.8, 4) is 0 Å². The van der Waals surface area contributed by atoms with Gasteiger partial charge in [0.1, 0.15) is 11.9 Å². The molecule has 4 aliphatic carbocycles. The lowest BCUT2D eigenvalue weighted by atomic mass is 9.42. The maximum atomic E-state index is 12.7. The molecule has 5 rings (SSSR count). The summed E-state index contributed by atoms with van der Waals surface area (Å²) in [6.45, 7) is 8.21. The number of oxime groups is 1. The Balaban J connectivity index is 1.43. The number of aliphatic hydroxyl groups excluding tert-OH is 1. The Morgan fingerprint density at radius 3 is 2.80 bits per heavy atom. The van der Waals surface area contributed by atoms with Gasteiger partial charge in [-0.05, 0) is 68.4 Å². The standard InChI is InChI=1S/C24H36N2O4/c1-15-11-18-19-3-4-21(28)22(19,2)8-6-20(18)23(14-27)9-5-16(12-24(15,23)29)26-30-17-7-10-25-13-17/h17-20,25,27,29H,1,3-14H2,2H3/t17?,18?,19?,20?,22-,23-,24-/m0/s1. The number of aliphatic hydroxyl groups is 2. The third kappa shape index (κ3) is 2.72. The van der Waals surface area contributed by atoms with Crippen molar-refractivity contribution >= 4 is 11.5 Å². The summed E-state index contributed by atoms with van der Waals surface area (Å²) < 4.78 is 0. The van der Waals surface area contributed by atoms with E-state index in [1.165, 1.54) is 0 Å². The Kier molecular flexibility index (Phi) is 4.92. The molecule has 4 saturated carbocycles. The van der Waals surface area contributed by atoms with Crippen molar-refractivity contribution in [3.05, 3.63) is 12.2 Å². The number of carbonyl (C=O) groups excluding carboxylic acids is 1. The number of rotatable bonds is 3. The van der Waals surface area contributed by atoms with Crippen molar-refractivity contribution in [2.24, 2.45) is 33.7 Å². The summed E-state index contributed by atoms with van der Waals surface area (Å²) in [7, 11) is 0. The molecule has 0 bridgehead atoms. The first-order valence-corrected chi connectivity index (χ1v) is 11.8. The molecule has 1 aliphatic heterocycles. The van der Waals surface area contributed by atoms with Crippen LogP contribution in [0.4, 0.5) is 0 Å². The highest BCUT2D eigenvalue weighted by molar-refractivity contribution is 5.88. The van der Waals surface area contributed by atoms with Crippen LogP contribution in [-0.2, 0) is 9.63 Å². The summed E-state index contributed by atoms with van der Waals surface area (Å²) in [4.78, 5) is 18.4. The summed E-state index contributed by atoms with van der Waals surface area (Å²) in [5, 5.41) is 30.4.